The third-order valence-corrected chi connectivity index (χ3v) is 3.00. The van der Waals surface area contributed by atoms with E-state index in [-0.39, 0.29) is 6.04 Å². The van der Waals surface area contributed by atoms with Gasteiger partial charge in [-0.15, -0.1) is 0 Å². The van der Waals surface area contributed by atoms with Crippen molar-refractivity contribution in [3.05, 3.63) is 53.6 Å². The van der Waals surface area contributed by atoms with E-state index in [4.69, 9.17) is 10.00 Å². The van der Waals surface area contributed by atoms with Crippen molar-refractivity contribution in [2.24, 2.45) is 0 Å². The molecule has 1 aromatic carbocycles. The van der Waals surface area contributed by atoms with Gasteiger partial charge in [-0.3, -0.25) is 0 Å². The minimum Gasteiger partial charge on any atom is -0.464 e. The Hall–Kier alpha value is -2.61. The Labute approximate surface area is 111 Å². The first-order chi connectivity index (χ1) is 9.17. The molecule has 1 aromatic heterocycles. The van der Waals surface area contributed by atoms with Crippen molar-refractivity contribution in [1.29, 1.82) is 5.26 Å². The second-order valence-electron chi connectivity index (χ2n) is 4.09. The SMILES string of the molecule is COC(=O)c1cncn1[C@H](C)c1ccc(C#N)cc1. The lowest BCUT2D eigenvalue weighted by Gasteiger charge is -2.16. The van der Waals surface area contributed by atoms with Crippen LogP contribution in [0.5, 0.6) is 0 Å². The van der Waals surface area contributed by atoms with Crippen LogP contribution in [0.2, 0.25) is 0 Å². The van der Waals surface area contributed by atoms with E-state index in [0.717, 1.165) is 5.56 Å². The van der Waals surface area contributed by atoms with Crippen LogP contribution < -0.4 is 0 Å². The average Bonchev–Trinajstić information content (AvgIpc) is 2.95. The molecule has 0 aliphatic carbocycles. The maximum atomic E-state index is 11.6. The van der Waals surface area contributed by atoms with Crippen molar-refractivity contribution in [2.45, 2.75) is 13.0 Å². The summed E-state index contributed by atoms with van der Waals surface area (Å²) >= 11 is 0. The molecule has 19 heavy (non-hydrogen) atoms. The molecule has 0 spiro atoms. The molecule has 2 aromatic rings. The predicted octanol–water partition coefficient (Wildman–Crippen LogP) is 2.15. The van der Waals surface area contributed by atoms with E-state index in [2.05, 4.69) is 11.1 Å². The Morgan fingerprint density at radius 2 is 2.11 bits per heavy atom. The number of nitrogens with zero attached hydrogens (tertiary/aromatic N) is 3. The van der Waals surface area contributed by atoms with Crippen molar-refractivity contribution in [3.63, 3.8) is 0 Å². The van der Waals surface area contributed by atoms with E-state index < -0.39 is 5.97 Å². The van der Waals surface area contributed by atoms with Crippen LogP contribution >= 0.6 is 0 Å². The number of methoxy groups -OCH3 is 1. The number of hydrogen-bond acceptors (Lipinski definition) is 4. The van der Waals surface area contributed by atoms with Crippen LogP contribution in [-0.4, -0.2) is 22.6 Å². The molecular formula is C14H13N3O2. The quantitative estimate of drug-likeness (QED) is 0.788. The van der Waals surface area contributed by atoms with Crippen molar-refractivity contribution in [3.8, 4) is 6.07 Å². The van der Waals surface area contributed by atoms with Gasteiger partial charge >= 0.3 is 5.97 Å². The molecule has 0 unspecified atom stereocenters. The fraction of sp³-hybridized carbons (Fsp3) is 0.214. The summed E-state index contributed by atoms with van der Waals surface area (Å²) in [5.74, 6) is -0.419. The molecule has 96 valence electrons. The summed E-state index contributed by atoms with van der Waals surface area (Å²) in [5.41, 5.74) is 2.00. The summed E-state index contributed by atoms with van der Waals surface area (Å²) in [6, 6.07) is 9.24. The largest absolute Gasteiger partial charge is 0.464 e. The Morgan fingerprint density at radius 1 is 1.42 bits per heavy atom. The van der Waals surface area contributed by atoms with Crippen molar-refractivity contribution < 1.29 is 9.53 Å². The van der Waals surface area contributed by atoms with E-state index >= 15 is 0 Å². The minimum atomic E-state index is -0.419. The molecule has 5 heteroatoms. The zero-order valence-corrected chi connectivity index (χ0v) is 10.7. The summed E-state index contributed by atoms with van der Waals surface area (Å²) in [6.45, 7) is 1.95. The van der Waals surface area contributed by atoms with Crippen molar-refractivity contribution in [1.82, 2.24) is 9.55 Å². The van der Waals surface area contributed by atoms with Crippen LogP contribution in [0.1, 0.15) is 34.6 Å². The highest BCUT2D eigenvalue weighted by Gasteiger charge is 2.17. The molecule has 2 rings (SSSR count). The van der Waals surface area contributed by atoms with Crippen LogP contribution in [0, 0.1) is 11.3 Å². The van der Waals surface area contributed by atoms with Crippen LogP contribution in [0.25, 0.3) is 0 Å². The van der Waals surface area contributed by atoms with E-state index in [1.165, 1.54) is 13.3 Å². The third kappa shape index (κ3) is 2.47. The number of hydrogen-bond donors (Lipinski definition) is 0. The number of benzene rings is 1. The Morgan fingerprint density at radius 3 is 2.68 bits per heavy atom. The molecule has 5 nitrogen and oxygen atoms in total. The van der Waals surface area contributed by atoms with Gasteiger partial charge in [-0.05, 0) is 24.6 Å². The lowest BCUT2D eigenvalue weighted by atomic mass is 10.1. The molecular weight excluding hydrogens is 242 g/mol. The molecule has 0 bridgehead atoms. The van der Waals surface area contributed by atoms with Gasteiger partial charge < -0.3 is 9.30 Å². The van der Waals surface area contributed by atoms with Crippen molar-refractivity contribution in [2.75, 3.05) is 7.11 Å². The molecule has 0 N–H and O–H groups in total. The van der Waals surface area contributed by atoms with E-state index in [9.17, 15) is 4.79 Å². The smallest absolute Gasteiger partial charge is 0.356 e. The van der Waals surface area contributed by atoms with Crippen molar-refractivity contribution >= 4 is 5.97 Å². The maximum Gasteiger partial charge on any atom is 0.356 e. The normalized spacial score (nSPS) is 11.6. The van der Waals surface area contributed by atoms with E-state index in [1.54, 1.807) is 23.0 Å². The number of imidazole rings is 1. The predicted molar refractivity (Wildman–Crippen MR) is 68.5 cm³/mol. The topological polar surface area (TPSA) is 67.9 Å². The van der Waals surface area contributed by atoms with Gasteiger partial charge in [-0.2, -0.15) is 5.26 Å². The molecule has 0 aliphatic rings. The van der Waals surface area contributed by atoms with Gasteiger partial charge in [0.2, 0.25) is 0 Å². The highest BCUT2D eigenvalue weighted by molar-refractivity contribution is 5.87. The second-order valence-corrected chi connectivity index (χ2v) is 4.09. The van der Waals surface area contributed by atoms with Gasteiger partial charge in [0.25, 0.3) is 0 Å². The fourth-order valence-electron chi connectivity index (χ4n) is 1.87. The Balaban J connectivity index is 2.33. The number of carbonyl (C=O) groups is 1. The molecule has 0 saturated heterocycles. The summed E-state index contributed by atoms with van der Waals surface area (Å²) in [5, 5.41) is 8.77. The van der Waals surface area contributed by atoms with Crippen LogP contribution in [0.3, 0.4) is 0 Å². The first-order valence-corrected chi connectivity index (χ1v) is 5.77. The molecule has 1 heterocycles. The first kappa shape index (κ1) is 12.8. The number of esters is 1. The standard InChI is InChI=1S/C14H13N3O2/c1-10(12-5-3-11(7-15)4-6-12)17-9-16-8-13(17)14(18)19-2/h3-6,8-10H,1-2H3/t10-/m1/s1. The third-order valence-electron chi connectivity index (χ3n) is 3.00. The lowest BCUT2D eigenvalue weighted by molar-refractivity contribution is 0.0587. The Kier molecular flexibility index (Phi) is 3.62. The van der Waals surface area contributed by atoms with Crippen LogP contribution in [0.4, 0.5) is 0 Å². The maximum absolute atomic E-state index is 11.6. The van der Waals surface area contributed by atoms with Gasteiger partial charge in [0, 0.05) is 0 Å². The molecule has 0 aliphatic heterocycles. The van der Waals surface area contributed by atoms with Gasteiger partial charge in [-0.25, -0.2) is 9.78 Å². The highest BCUT2D eigenvalue weighted by atomic mass is 16.5. The molecule has 0 fully saturated rings. The second kappa shape index (κ2) is 5.36. The van der Waals surface area contributed by atoms with Gasteiger partial charge in [-0.1, -0.05) is 12.1 Å². The monoisotopic (exact) mass is 255 g/mol. The summed E-state index contributed by atoms with van der Waals surface area (Å²) in [4.78, 5) is 15.6. The van der Waals surface area contributed by atoms with E-state index in [1.807, 2.05) is 19.1 Å². The van der Waals surface area contributed by atoms with Gasteiger partial charge in [0.15, 0.2) is 0 Å². The zero-order valence-electron chi connectivity index (χ0n) is 10.7. The number of rotatable bonds is 3. The number of ether oxygens (including phenoxy) is 1. The summed E-state index contributed by atoms with van der Waals surface area (Å²) < 4.78 is 6.46. The average molecular weight is 255 g/mol. The molecule has 0 radical (unpaired) electrons. The van der Waals surface area contributed by atoms with E-state index in [0.29, 0.717) is 11.3 Å². The summed E-state index contributed by atoms with van der Waals surface area (Å²) in [7, 11) is 1.34. The molecule has 0 amide bonds. The first-order valence-electron chi connectivity index (χ1n) is 5.77. The lowest BCUT2D eigenvalue weighted by Crippen LogP contribution is -2.14. The molecule has 1 atom stereocenters. The molecule has 0 saturated carbocycles. The number of aromatic nitrogens is 2. The number of nitriles is 1. The minimum absolute atomic E-state index is 0.0654. The van der Waals surface area contributed by atoms with Gasteiger partial charge in [0.1, 0.15) is 5.69 Å². The highest BCUT2D eigenvalue weighted by Crippen LogP contribution is 2.20. The fourth-order valence-corrected chi connectivity index (χ4v) is 1.87. The summed E-state index contributed by atoms with van der Waals surface area (Å²) in [6.07, 6.45) is 3.07. The number of carbonyl (C=O) groups excluding carboxylic acids is 1. The van der Waals surface area contributed by atoms with Gasteiger partial charge in [0.05, 0.1) is 37.3 Å². The van der Waals surface area contributed by atoms with Crippen LogP contribution in [-0.2, 0) is 4.74 Å². The Bertz CT molecular complexity index is 623. The van der Waals surface area contributed by atoms with Crippen LogP contribution in [0.15, 0.2) is 36.8 Å². The zero-order chi connectivity index (χ0) is 13.8.